The van der Waals surface area contributed by atoms with E-state index in [0.717, 1.165) is 6.42 Å². The van der Waals surface area contributed by atoms with Crippen molar-refractivity contribution >= 4 is 0 Å². The van der Waals surface area contributed by atoms with Crippen molar-refractivity contribution in [2.45, 2.75) is 46.4 Å². The lowest BCUT2D eigenvalue weighted by Crippen LogP contribution is -2.34. The van der Waals surface area contributed by atoms with Crippen molar-refractivity contribution in [3.05, 3.63) is 0 Å². The topological polar surface area (TPSA) is 21.3 Å². The van der Waals surface area contributed by atoms with Gasteiger partial charge in [-0.3, -0.25) is 0 Å². The lowest BCUT2D eigenvalue weighted by Gasteiger charge is -2.20. The molecule has 1 unspecified atom stereocenters. The Morgan fingerprint density at radius 2 is 1.75 bits per heavy atom. The van der Waals surface area contributed by atoms with E-state index in [0.29, 0.717) is 6.61 Å². The fourth-order valence-corrected chi connectivity index (χ4v) is 1.04. The summed E-state index contributed by atoms with van der Waals surface area (Å²) in [5, 5.41) is 2.32. The van der Waals surface area contributed by atoms with Gasteiger partial charge >= 0.3 is 6.18 Å². The van der Waals surface area contributed by atoms with Crippen molar-refractivity contribution in [2.75, 3.05) is 19.7 Å². The molecule has 2 nitrogen and oxygen atoms in total. The molecule has 0 rings (SSSR count). The Kier molecular flexibility index (Phi) is 6.33. The van der Waals surface area contributed by atoms with Gasteiger partial charge in [0.25, 0.3) is 0 Å². The number of alkyl halides is 3. The van der Waals surface area contributed by atoms with E-state index in [2.05, 4.69) is 26.1 Å². The lowest BCUT2D eigenvalue weighted by molar-refractivity contribution is -0.125. The smallest absolute Gasteiger partial charge is 0.377 e. The molecule has 0 saturated heterocycles. The molecule has 0 bridgehead atoms. The Morgan fingerprint density at radius 1 is 1.19 bits per heavy atom. The first kappa shape index (κ1) is 15.7. The SMILES string of the molecule is CC(CNCC(F)(F)F)OCCC(C)(C)C. The van der Waals surface area contributed by atoms with Crippen LogP contribution in [0.15, 0.2) is 0 Å². The average Bonchev–Trinajstić information content (AvgIpc) is 1.98. The van der Waals surface area contributed by atoms with Gasteiger partial charge < -0.3 is 10.1 Å². The van der Waals surface area contributed by atoms with E-state index in [4.69, 9.17) is 4.74 Å². The Bertz CT molecular complexity index is 167. The predicted molar refractivity (Wildman–Crippen MR) is 58.4 cm³/mol. The first-order valence-corrected chi connectivity index (χ1v) is 5.49. The van der Waals surface area contributed by atoms with Crippen LogP contribution in [0.3, 0.4) is 0 Å². The van der Waals surface area contributed by atoms with Crippen molar-refractivity contribution in [1.82, 2.24) is 5.32 Å². The van der Waals surface area contributed by atoms with Crippen molar-refractivity contribution in [3.63, 3.8) is 0 Å². The minimum Gasteiger partial charge on any atom is -0.377 e. The third kappa shape index (κ3) is 11.8. The average molecular weight is 241 g/mol. The maximum absolute atomic E-state index is 11.8. The van der Waals surface area contributed by atoms with Gasteiger partial charge in [0.2, 0.25) is 0 Å². The molecule has 0 saturated carbocycles. The highest BCUT2D eigenvalue weighted by molar-refractivity contribution is 4.63. The summed E-state index contributed by atoms with van der Waals surface area (Å²) in [5.41, 5.74) is 0.194. The second kappa shape index (κ2) is 6.45. The van der Waals surface area contributed by atoms with Crippen LogP contribution in [0.1, 0.15) is 34.1 Å². The first-order valence-electron chi connectivity index (χ1n) is 5.49. The van der Waals surface area contributed by atoms with Crippen molar-refractivity contribution in [3.8, 4) is 0 Å². The summed E-state index contributed by atoms with van der Waals surface area (Å²) in [7, 11) is 0. The van der Waals surface area contributed by atoms with Crippen LogP contribution >= 0.6 is 0 Å². The van der Waals surface area contributed by atoms with Crippen molar-refractivity contribution < 1.29 is 17.9 Å². The molecule has 0 fully saturated rings. The van der Waals surface area contributed by atoms with Gasteiger partial charge in [0.15, 0.2) is 0 Å². The maximum Gasteiger partial charge on any atom is 0.401 e. The molecule has 1 atom stereocenters. The van der Waals surface area contributed by atoms with Gasteiger partial charge in [-0.05, 0) is 18.8 Å². The molecule has 0 aromatic heterocycles. The molecule has 0 aromatic carbocycles. The first-order chi connectivity index (χ1) is 7.10. The van der Waals surface area contributed by atoms with Crippen LogP contribution in [0.5, 0.6) is 0 Å². The Balaban J connectivity index is 3.49. The number of nitrogens with one attached hydrogen (secondary N) is 1. The lowest BCUT2D eigenvalue weighted by atomic mass is 9.93. The van der Waals surface area contributed by atoms with Gasteiger partial charge in [-0.25, -0.2) is 0 Å². The van der Waals surface area contributed by atoms with Crippen LogP contribution in [-0.4, -0.2) is 32.0 Å². The molecule has 5 heteroatoms. The normalized spacial score (nSPS) is 15.2. The number of halogens is 3. The molecular weight excluding hydrogens is 219 g/mol. The highest BCUT2D eigenvalue weighted by Crippen LogP contribution is 2.18. The van der Waals surface area contributed by atoms with Crippen molar-refractivity contribution in [1.29, 1.82) is 0 Å². The van der Waals surface area contributed by atoms with Crippen LogP contribution in [0.2, 0.25) is 0 Å². The summed E-state index contributed by atoms with van der Waals surface area (Å²) in [5.74, 6) is 0. The summed E-state index contributed by atoms with van der Waals surface area (Å²) >= 11 is 0. The largest absolute Gasteiger partial charge is 0.401 e. The molecule has 0 heterocycles. The fraction of sp³-hybridized carbons (Fsp3) is 1.00. The maximum atomic E-state index is 11.8. The van der Waals surface area contributed by atoms with Crippen LogP contribution in [0.4, 0.5) is 13.2 Å². The van der Waals surface area contributed by atoms with E-state index >= 15 is 0 Å². The summed E-state index contributed by atoms with van der Waals surface area (Å²) in [6, 6.07) is 0. The van der Waals surface area contributed by atoms with Gasteiger partial charge in [0, 0.05) is 13.2 Å². The minimum absolute atomic E-state index is 0.190. The summed E-state index contributed by atoms with van der Waals surface area (Å²) in [4.78, 5) is 0. The predicted octanol–water partition coefficient (Wildman–Crippen LogP) is 2.98. The van der Waals surface area contributed by atoms with Crippen molar-refractivity contribution in [2.24, 2.45) is 5.41 Å². The highest BCUT2D eigenvalue weighted by atomic mass is 19.4. The van der Waals surface area contributed by atoms with Gasteiger partial charge in [-0.1, -0.05) is 20.8 Å². The van der Waals surface area contributed by atoms with Crippen LogP contribution in [0, 0.1) is 5.41 Å². The van der Waals surface area contributed by atoms with Crippen LogP contribution in [0.25, 0.3) is 0 Å². The molecule has 1 N–H and O–H groups in total. The number of hydrogen-bond acceptors (Lipinski definition) is 2. The zero-order chi connectivity index (χ0) is 12.8. The van der Waals surface area contributed by atoms with Crippen LogP contribution in [-0.2, 0) is 4.74 Å². The summed E-state index contributed by atoms with van der Waals surface area (Å²) in [6.07, 6.45) is -3.44. The van der Waals surface area contributed by atoms with E-state index in [1.165, 1.54) is 0 Å². The Morgan fingerprint density at radius 3 is 2.19 bits per heavy atom. The second-order valence-corrected chi connectivity index (χ2v) is 5.24. The van der Waals surface area contributed by atoms with Gasteiger partial charge in [-0.15, -0.1) is 0 Å². The minimum atomic E-state index is -4.15. The van der Waals surface area contributed by atoms with E-state index in [9.17, 15) is 13.2 Å². The second-order valence-electron chi connectivity index (χ2n) is 5.24. The van der Waals surface area contributed by atoms with Crippen LogP contribution < -0.4 is 5.32 Å². The zero-order valence-electron chi connectivity index (χ0n) is 10.4. The zero-order valence-corrected chi connectivity index (χ0v) is 10.4. The molecule has 16 heavy (non-hydrogen) atoms. The molecule has 0 spiro atoms. The third-order valence-electron chi connectivity index (χ3n) is 2.01. The van der Waals surface area contributed by atoms with Gasteiger partial charge in [0.05, 0.1) is 12.6 Å². The monoisotopic (exact) mass is 241 g/mol. The molecular formula is C11H22F3NO. The van der Waals surface area contributed by atoms with Gasteiger partial charge in [-0.2, -0.15) is 13.2 Å². The molecule has 0 aliphatic carbocycles. The van der Waals surface area contributed by atoms with Gasteiger partial charge in [0.1, 0.15) is 0 Å². The van der Waals surface area contributed by atoms with E-state index in [-0.39, 0.29) is 18.1 Å². The number of hydrogen-bond donors (Lipinski definition) is 1. The molecule has 98 valence electrons. The quantitative estimate of drug-likeness (QED) is 0.772. The third-order valence-corrected chi connectivity index (χ3v) is 2.01. The number of rotatable bonds is 6. The number of ether oxygens (including phenoxy) is 1. The Hall–Kier alpha value is -0.290. The Labute approximate surface area is 95.5 Å². The standard InChI is InChI=1S/C11H22F3NO/c1-9(7-15-8-11(12,13)14)16-6-5-10(2,3)4/h9,15H,5-8H2,1-4H3. The summed E-state index contributed by atoms with van der Waals surface area (Å²) < 4.78 is 40.8. The highest BCUT2D eigenvalue weighted by Gasteiger charge is 2.26. The fourth-order valence-electron chi connectivity index (χ4n) is 1.04. The summed E-state index contributed by atoms with van der Waals surface area (Å²) in [6.45, 7) is 7.92. The molecule has 0 aliphatic heterocycles. The molecule has 0 aliphatic rings. The van der Waals surface area contributed by atoms with E-state index in [1.54, 1.807) is 6.92 Å². The molecule has 0 amide bonds. The molecule has 0 aromatic rings. The van der Waals surface area contributed by atoms with E-state index < -0.39 is 12.7 Å². The molecule has 0 radical (unpaired) electrons. The van der Waals surface area contributed by atoms with E-state index in [1.807, 2.05) is 0 Å².